The Morgan fingerprint density at radius 2 is 2.19 bits per heavy atom. The fraction of sp³-hybridized carbons (Fsp3) is 0.556. The first-order chi connectivity index (χ1) is 12.8. The van der Waals surface area contributed by atoms with Crippen LogP contribution in [0.1, 0.15) is 29.8 Å². The van der Waals surface area contributed by atoms with E-state index in [0.717, 1.165) is 50.7 Å². The zero-order valence-corrected chi connectivity index (χ0v) is 15.5. The van der Waals surface area contributed by atoms with Gasteiger partial charge in [-0.2, -0.15) is 0 Å². The van der Waals surface area contributed by atoms with Gasteiger partial charge in [0.1, 0.15) is 16.4 Å². The molecule has 4 heterocycles. The van der Waals surface area contributed by atoms with E-state index in [1.54, 1.807) is 24.0 Å². The summed E-state index contributed by atoms with van der Waals surface area (Å²) in [6.45, 7) is 4.98. The predicted molar refractivity (Wildman–Crippen MR) is 99.0 cm³/mol. The molecule has 0 saturated carbocycles. The van der Waals surface area contributed by atoms with Gasteiger partial charge in [-0.05, 0) is 25.2 Å². The normalized spacial score (nSPS) is 21.8. The molecule has 2 saturated heterocycles. The number of piperidine rings is 1. The van der Waals surface area contributed by atoms with E-state index in [0.29, 0.717) is 17.3 Å². The van der Waals surface area contributed by atoms with Gasteiger partial charge in [0.15, 0.2) is 0 Å². The van der Waals surface area contributed by atoms with Crippen LogP contribution < -0.4 is 5.32 Å². The number of rotatable bonds is 5. The average Bonchev–Trinajstić information content (AvgIpc) is 3.36. The van der Waals surface area contributed by atoms with Gasteiger partial charge >= 0.3 is 0 Å². The summed E-state index contributed by atoms with van der Waals surface area (Å²) in [7, 11) is 0. The molecular weight excluding hydrogens is 350 g/mol. The maximum absolute atomic E-state index is 12.5. The summed E-state index contributed by atoms with van der Waals surface area (Å²) in [5.74, 6) is 0.578. The number of ether oxygens (including phenoxy) is 1. The van der Waals surface area contributed by atoms with Crippen molar-refractivity contribution in [2.75, 3.05) is 32.8 Å². The maximum atomic E-state index is 12.5. The smallest absolute Gasteiger partial charge is 0.270 e. The molecule has 1 atom stereocenters. The Hall–Kier alpha value is -1.90. The first-order valence-corrected chi connectivity index (χ1v) is 9.99. The van der Waals surface area contributed by atoms with Crippen molar-refractivity contribution in [3.8, 4) is 10.7 Å². The fourth-order valence-corrected chi connectivity index (χ4v) is 4.28. The van der Waals surface area contributed by atoms with Crippen LogP contribution in [0.3, 0.4) is 0 Å². The Morgan fingerprint density at radius 3 is 2.92 bits per heavy atom. The summed E-state index contributed by atoms with van der Waals surface area (Å²) >= 11 is 1.42. The first-order valence-electron chi connectivity index (χ1n) is 9.11. The van der Waals surface area contributed by atoms with Crippen molar-refractivity contribution in [3.05, 3.63) is 29.7 Å². The number of hydrogen-bond acceptors (Lipinski definition) is 7. The van der Waals surface area contributed by atoms with Gasteiger partial charge in [-0.25, -0.2) is 4.98 Å². The number of carbonyl (C=O) groups excluding carboxylic acids is 1. The highest BCUT2D eigenvalue weighted by atomic mass is 32.1. The van der Waals surface area contributed by atoms with E-state index in [2.05, 4.69) is 25.2 Å². The van der Waals surface area contributed by atoms with E-state index in [1.165, 1.54) is 17.8 Å². The van der Waals surface area contributed by atoms with E-state index in [4.69, 9.17) is 4.74 Å². The Balaban J connectivity index is 1.27. The molecule has 138 valence electrons. The number of nitrogens with zero attached hydrogens (tertiary/aromatic N) is 4. The first kappa shape index (κ1) is 17.5. The van der Waals surface area contributed by atoms with Crippen molar-refractivity contribution < 1.29 is 9.53 Å². The van der Waals surface area contributed by atoms with E-state index < -0.39 is 0 Å². The van der Waals surface area contributed by atoms with Gasteiger partial charge in [0.2, 0.25) is 0 Å². The second-order valence-electron chi connectivity index (χ2n) is 6.91. The number of thiazole rings is 1. The second-order valence-corrected chi connectivity index (χ2v) is 7.76. The number of nitrogens with one attached hydrogen (secondary N) is 1. The monoisotopic (exact) mass is 373 g/mol. The third-order valence-electron chi connectivity index (χ3n) is 4.98. The van der Waals surface area contributed by atoms with Crippen molar-refractivity contribution in [3.63, 3.8) is 0 Å². The molecule has 8 heteroatoms. The molecule has 2 aromatic rings. The molecule has 2 aliphatic rings. The minimum Gasteiger partial charge on any atom is -0.381 e. The highest BCUT2D eigenvalue weighted by molar-refractivity contribution is 7.13. The SMILES string of the molecule is O=C(NC1CCN(C[C@H]2CCOC2)CC1)c1csc(-c2cnccn2)n1. The lowest BCUT2D eigenvalue weighted by atomic mass is 10.0. The van der Waals surface area contributed by atoms with Crippen molar-refractivity contribution >= 4 is 17.2 Å². The molecule has 2 aliphatic heterocycles. The summed E-state index contributed by atoms with van der Waals surface area (Å²) < 4.78 is 5.46. The van der Waals surface area contributed by atoms with E-state index in [1.807, 2.05) is 0 Å². The number of aromatic nitrogens is 3. The van der Waals surface area contributed by atoms with Crippen LogP contribution in [0.5, 0.6) is 0 Å². The fourth-order valence-electron chi connectivity index (χ4n) is 3.52. The van der Waals surface area contributed by atoms with Crippen LogP contribution in [0.15, 0.2) is 24.0 Å². The Kier molecular flexibility index (Phi) is 5.52. The molecule has 7 nitrogen and oxygen atoms in total. The molecule has 0 aliphatic carbocycles. The summed E-state index contributed by atoms with van der Waals surface area (Å²) in [5, 5.41) is 5.64. The molecule has 4 rings (SSSR count). The van der Waals surface area contributed by atoms with Crippen LogP contribution >= 0.6 is 11.3 Å². The van der Waals surface area contributed by atoms with Gasteiger partial charge < -0.3 is 15.0 Å². The van der Waals surface area contributed by atoms with Crippen LogP contribution in [0.4, 0.5) is 0 Å². The van der Waals surface area contributed by atoms with E-state index in [-0.39, 0.29) is 11.9 Å². The molecule has 1 amide bonds. The van der Waals surface area contributed by atoms with Crippen LogP contribution in [0, 0.1) is 5.92 Å². The van der Waals surface area contributed by atoms with Gasteiger partial charge in [0.05, 0.1) is 12.8 Å². The third-order valence-corrected chi connectivity index (χ3v) is 5.85. The zero-order valence-electron chi connectivity index (χ0n) is 14.6. The molecule has 0 radical (unpaired) electrons. The Morgan fingerprint density at radius 1 is 1.31 bits per heavy atom. The van der Waals surface area contributed by atoms with Gasteiger partial charge in [0.25, 0.3) is 5.91 Å². The van der Waals surface area contributed by atoms with Crippen molar-refractivity contribution in [2.24, 2.45) is 5.92 Å². The lowest BCUT2D eigenvalue weighted by Crippen LogP contribution is -2.45. The van der Waals surface area contributed by atoms with Crippen molar-refractivity contribution in [2.45, 2.75) is 25.3 Å². The number of hydrogen-bond donors (Lipinski definition) is 1. The zero-order chi connectivity index (χ0) is 17.8. The summed E-state index contributed by atoms with van der Waals surface area (Å²) in [6, 6.07) is 0.222. The van der Waals surface area contributed by atoms with Crippen LogP contribution in [0.2, 0.25) is 0 Å². The topological polar surface area (TPSA) is 80.2 Å². The molecule has 2 fully saturated rings. The van der Waals surface area contributed by atoms with Gasteiger partial charge in [0, 0.05) is 50.1 Å². The summed E-state index contributed by atoms with van der Waals surface area (Å²) in [5.41, 5.74) is 1.15. The highest BCUT2D eigenvalue weighted by Crippen LogP contribution is 2.21. The van der Waals surface area contributed by atoms with Crippen LogP contribution in [-0.4, -0.2) is 64.6 Å². The maximum Gasteiger partial charge on any atom is 0.270 e. The Labute approximate surface area is 156 Å². The molecule has 0 bridgehead atoms. The molecule has 0 aromatic carbocycles. The van der Waals surface area contributed by atoms with Gasteiger partial charge in [-0.1, -0.05) is 0 Å². The molecule has 0 unspecified atom stereocenters. The van der Waals surface area contributed by atoms with Crippen molar-refractivity contribution in [1.29, 1.82) is 0 Å². The molecule has 26 heavy (non-hydrogen) atoms. The number of amides is 1. The summed E-state index contributed by atoms with van der Waals surface area (Å²) in [6.07, 6.45) is 8.06. The minimum atomic E-state index is -0.0981. The minimum absolute atomic E-state index is 0.0981. The van der Waals surface area contributed by atoms with Gasteiger partial charge in [-0.3, -0.25) is 14.8 Å². The number of carbonyl (C=O) groups is 1. The highest BCUT2D eigenvalue weighted by Gasteiger charge is 2.25. The quantitative estimate of drug-likeness (QED) is 0.861. The number of likely N-dealkylation sites (tertiary alicyclic amines) is 1. The summed E-state index contributed by atoms with van der Waals surface area (Å²) in [4.78, 5) is 27.7. The lowest BCUT2D eigenvalue weighted by Gasteiger charge is -2.33. The second kappa shape index (κ2) is 8.20. The third kappa shape index (κ3) is 4.25. The van der Waals surface area contributed by atoms with Gasteiger partial charge in [-0.15, -0.1) is 11.3 Å². The van der Waals surface area contributed by atoms with Crippen LogP contribution in [0.25, 0.3) is 10.7 Å². The van der Waals surface area contributed by atoms with Crippen molar-refractivity contribution in [1.82, 2.24) is 25.2 Å². The molecule has 0 spiro atoms. The molecule has 2 aromatic heterocycles. The average molecular weight is 373 g/mol. The van der Waals surface area contributed by atoms with Crippen LogP contribution in [-0.2, 0) is 4.74 Å². The molecular formula is C18H23N5O2S. The largest absolute Gasteiger partial charge is 0.381 e. The molecule has 1 N–H and O–H groups in total. The Bertz CT molecular complexity index is 724. The van der Waals surface area contributed by atoms with E-state index in [9.17, 15) is 4.79 Å². The standard InChI is InChI=1S/C18H23N5O2S/c24-17(16-12-26-18(22-16)15-9-19-4-5-20-15)21-14-1-6-23(7-2-14)10-13-3-8-25-11-13/h4-5,9,12-14H,1-3,6-8,10-11H2,(H,21,24)/t13-/m1/s1. The van der Waals surface area contributed by atoms with E-state index >= 15 is 0 Å². The predicted octanol–water partition coefficient (Wildman–Crippen LogP) is 1.83. The lowest BCUT2D eigenvalue weighted by molar-refractivity contribution is 0.0899.